The maximum Gasteiger partial charge on any atom is 0.0630 e. The molecule has 0 radical (unpaired) electrons. The van der Waals surface area contributed by atoms with Crippen molar-refractivity contribution < 1.29 is 9.47 Å². The number of methoxy groups -OCH3 is 1. The summed E-state index contributed by atoms with van der Waals surface area (Å²) in [4.78, 5) is 2.29. The number of rotatable bonds is 10. The largest absolute Gasteiger partial charge is 0.383 e. The van der Waals surface area contributed by atoms with Gasteiger partial charge in [-0.3, -0.25) is 4.90 Å². The molecule has 98 valence electrons. The standard InChI is InChI=1S/C12H28N2O2/c1-6-16-8-7-14(4)12(10-15-5)9-13-11(2)3/h11-13H,6-10H2,1-5H3. The maximum atomic E-state index is 5.36. The maximum absolute atomic E-state index is 5.36. The van der Waals surface area contributed by atoms with Crippen molar-refractivity contribution >= 4 is 0 Å². The van der Waals surface area contributed by atoms with Crippen LogP contribution in [-0.2, 0) is 9.47 Å². The summed E-state index contributed by atoms with van der Waals surface area (Å²) in [6.45, 7) is 10.6. The SMILES string of the molecule is CCOCCN(C)C(CNC(C)C)COC. The van der Waals surface area contributed by atoms with Gasteiger partial charge in [0.25, 0.3) is 0 Å². The molecule has 4 heteroatoms. The first-order valence-electron chi connectivity index (χ1n) is 6.12. The number of hydrogen-bond donors (Lipinski definition) is 1. The van der Waals surface area contributed by atoms with Gasteiger partial charge in [-0.25, -0.2) is 0 Å². The van der Waals surface area contributed by atoms with Crippen molar-refractivity contribution in [2.75, 3.05) is 47.1 Å². The molecule has 0 rings (SSSR count). The van der Waals surface area contributed by atoms with Crippen LogP contribution < -0.4 is 5.32 Å². The van der Waals surface area contributed by atoms with Crippen molar-refractivity contribution in [1.82, 2.24) is 10.2 Å². The second-order valence-electron chi connectivity index (χ2n) is 4.35. The number of nitrogens with zero attached hydrogens (tertiary/aromatic N) is 1. The summed E-state index contributed by atoms with van der Waals surface area (Å²) < 4.78 is 10.6. The van der Waals surface area contributed by atoms with Crippen LogP contribution in [0.5, 0.6) is 0 Å². The summed E-state index contributed by atoms with van der Waals surface area (Å²) in [6.07, 6.45) is 0. The molecule has 0 spiro atoms. The van der Waals surface area contributed by atoms with Crippen LogP contribution in [0.25, 0.3) is 0 Å². The van der Waals surface area contributed by atoms with Crippen LogP contribution in [0, 0.1) is 0 Å². The van der Waals surface area contributed by atoms with Crippen molar-refractivity contribution in [2.24, 2.45) is 0 Å². The van der Waals surface area contributed by atoms with Crippen LogP contribution in [0.15, 0.2) is 0 Å². The second kappa shape index (κ2) is 10.0. The summed E-state index contributed by atoms with van der Waals surface area (Å²) in [7, 11) is 3.86. The van der Waals surface area contributed by atoms with Gasteiger partial charge in [0.1, 0.15) is 0 Å². The predicted octanol–water partition coefficient (Wildman–Crippen LogP) is 0.968. The van der Waals surface area contributed by atoms with Crippen LogP contribution in [-0.4, -0.2) is 64.1 Å². The Morgan fingerprint density at radius 2 is 2.00 bits per heavy atom. The average Bonchev–Trinajstić information content (AvgIpc) is 2.24. The minimum atomic E-state index is 0.410. The van der Waals surface area contributed by atoms with Gasteiger partial charge in [-0.1, -0.05) is 13.8 Å². The minimum absolute atomic E-state index is 0.410. The number of likely N-dealkylation sites (N-methyl/N-ethyl adjacent to an activating group) is 1. The van der Waals surface area contributed by atoms with E-state index in [0.29, 0.717) is 12.1 Å². The van der Waals surface area contributed by atoms with Gasteiger partial charge in [-0.15, -0.1) is 0 Å². The fraction of sp³-hybridized carbons (Fsp3) is 1.00. The lowest BCUT2D eigenvalue weighted by Gasteiger charge is -2.28. The highest BCUT2D eigenvalue weighted by atomic mass is 16.5. The average molecular weight is 232 g/mol. The number of nitrogens with one attached hydrogen (secondary N) is 1. The molecule has 4 nitrogen and oxygen atoms in total. The summed E-state index contributed by atoms with van der Waals surface area (Å²) in [5.74, 6) is 0. The topological polar surface area (TPSA) is 33.7 Å². The Labute approximate surface area is 100 Å². The van der Waals surface area contributed by atoms with Crippen molar-refractivity contribution in [2.45, 2.75) is 32.9 Å². The summed E-state index contributed by atoms with van der Waals surface area (Å²) in [5, 5.41) is 3.44. The Balaban J connectivity index is 3.87. The first kappa shape index (κ1) is 15.8. The van der Waals surface area contributed by atoms with E-state index >= 15 is 0 Å². The quantitative estimate of drug-likeness (QED) is 0.569. The Kier molecular flexibility index (Phi) is 9.92. The van der Waals surface area contributed by atoms with Crippen molar-refractivity contribution in [3.8, 4) is 0 Å². The van der Waals surface area contributed by atoms with E-state index in [0.717, 1.165) is 32.9 Å². The van der Waals surface area contributed by atoms with Crippen molar-refractivity contribution in [3.63, 3.8) is 0 Å². The molecule has 0 heterocycles. The molecule has 1 atom stereocenters. The highest BCUT2D eigenvalue weighted by Gasteiger charge is 2.14. The monoisotopic (exact) mass is 232 g/mol. The lowest BCUT2D eigenvalue weighted by atomic mass is 10.2. The van der Waals surface area contributed by atoms with E-state index in [-0.39, 0.29) is 0 Å². The van der Waals surface area contributed by atoms with Gasteiger partial charge in [0.15, 0.2) is 0 Å². The van der Waals surface area contributed by atoms with Gasteiger partial charge in [-0.2, -0.15) is 0 Å². The van der Waals surface area contributed by atoms with E-state index in [1.165, 1.54) is 0 Å². The molecular formula is C12H28N2O2. The van der Waals surface area contributed by atoms with E-state index in [1.807, 2.05) is 6.92 Å². The molecule has 0 saturated heterocycles. The van der Waals surface area contributed by atoms with Crippen molar-refractivity contribution in [1.29, 1.82) is 0 Å². The summed E-state index contributed by atoms with van der Waals surface area (Å²) >= 11 is 0. The molecule has 0 aromatic carbocycles. The molecule has 1 unspecified atom stereocenters. The highest BCUT2D eigenvalue weighted by Crippen LogP contribution is 1.97. The Morgan fingerprint density at radius 1 is 1.31 bits per heavy atom. The Bertz CT molecular complexity index is 154. The van der Waals surface area contributed by atoms with Crippen LogP contribution in [0.1, 0.15) is 20.8 Å². The zero-order valence-electron chi connectivity index (χ0n) is 11.5. The Hall–Kier alpha value is -0.160. The zero-order valence-corrected chi connectivity index (χ0v) is 11.5. The third kappa shape index (κ3) is 8.05. The predicted molar refractivity (Wildman–Crippen MR) is 67.9 cm³/mol. The van der Waals surface area contributed by atoms with Gasteiger partial charge in [0.05, 0.1) is 13.2 Å². The summed E-state index contributed by atoms with van der Waals surface area (Å²) in [5.41, 5.74) is 0. The fourth-order valence-electron chi connectivity index (χ4n) is 1.44. The Morgan fingerprint density at radius 3 is 2.50 bits per heavy atom. The van der Waals surface area contributed by atoms with Gasteiger partial charge in [-0.05, 0) is 14.0 Å². The number of ether oxygens (including phenoxy) is 2. The van der Waals surface area contributed by atoms with E-state index in [9.17, 15) is 0 Å². The van der Waals surface area contributed by atoms with Gasteiger partial charge >= 0.3 is 0 Å². The molecule has 0 aromatic rings. The molecule has 0 fully saturated rings. The summed E-state index contributed by atoms with van der Waals surface area (Å²) in [6, 6.07) is 0.924. The second-order valence-corrected chi connectivity index (χ2v) is 4.35. The van der Waals surface area contributed by atoms with Crippen LogP contribution in [0.3, 0.4) is 0 Å². The van der Waals surface area contributed by atoms with Crippen LogP contribution >= 0.6 is 0 Å². The molecular weight excluding hydrogens is 204 g/mol. The molecule has 0 bridgehead atoms. The smallest absolute Gasteiger partial charge is 0.0630 e. The minimum Gasteiger partial charge on any atom is -0.383 e. The highest BCUT2D eigenvalue weighted by molar-refractivity contribution is 4.72. The van der Waals surface area contributed by atoms with E-state index in [2.05, 4.69) is 31.1 Å². The normalized spacial score (nSPS) is 13.7. The van der Waals surface area contributed by atoms with E-state index < -0.39 is 0 Å². The van der Waals surface area contributed by atoms with Gasteiger partial charge in [0, 0.05) is 38.9 Å². The third-order valence-corrected chi connectivity index (χ3v) is 2.54. The first-order chi connectivity index (χ1) is 7.61. The van der Waals surface area contributed by atoms with Gasteiger partial charge < -0.3 is 14.8 Å². The van der Waals surface area contributed by atoms with Crippen molar-refractivity contribution in [3.05, 3.63) is 0 Å². The molecule has 0 amide bonds. The first-order valence-corrected chi connectivity index (χ1v) is 6.12. The molecule has 0 aliphatic rings. The molecule has 0 aliphatic carbocycles. The van der Waals surface area contributed by atoms with Crippen LogP contribution in [0.4, 0.5) is 0 Å². The fourth-order valence-corrected chi connectivity index (χ4v) is 1.44. The third-order valence-electron chi connectivity index (χ3n) is 2.54. The molecule has 0 aliphatic heterocycles. The van der Waals surface area contributed by atoms with Crippen LogP contribution in [0.2, 0.25) is 0 Å². The molecule has 0 saturated carbocycles. The molecule has 1 N–H and O–H groups in total. The van der Waals surface area contributed by atoms with Gasteiger partial charge in [0.2, 0.25) is 0 Å². The molecule has 0 aromatic heterocycles. The number of hydrogen-bond acceptors (Lipinski definition) is 4. The van der Waals surface area contributed by atoms with E-state index in [1.54, 1.807) is 7.11 Å². The molecule has 16 heavy (non-hydrogen) atoms. The zero-order chi connectivity index (χ0) is 12.4. The lowest BCUT2D eigenvalue weighted by Crippen LogP contribution is -2.45. The van der Waals surface area contributed by atoms with E-state index in [4.69, 9.17) is 9.47 Å². The lowest BCUT2D eigenvalue weighted by molar-refractivity contribution is 0.0711.